The maximum Gasteiger partial charge on any atom is 0.254 e. The van der Waals surface area contributed by atoms with Crippen LogP contribution in [0.4, 0.5) is 0 Å². The first kappa shape index (κ1) is 15.9. The van der Waals surface area contributed by atoms with E-state index in [0.717, 1.165) is 0 Å². The maximum absolute atomic E-state index is 12.5. The van der Waals surface area contributed by atoms with E-state index in [1.54, 1.807) is 23.2 Å². The van der Waals surface area contributed by atoms with Crippen LogP contribution in [0.1, 0.15) is 48.8 Å². The van der Waals surface area contributed by atoms with Gasteiger partial charge < -0.3 is 14.2 Å². The second-order valence-electron chi connectivity index (χ2n) is 5.11. The molecule has 0 aliphatic heterocycles. The van der Waals surface area contributed by atoms with Crippen LogP contribution in [-0.4, -0.2) is 39.6 Å². The van der Waals surface area contributed by atoms with Gasteiger partial charge in [-0.15, -0.1) is 0 Å². The molecule has 7 heteroatoms. The van der Waals surface area contributed by atoms with Gasteiger partial charge in [0, 0.05) is 30.3 Å². The zero-order chi connectivity index (χ0) is 16.1. The van der Waals surface area contributed by atoms with Crippen LogP contribution in [0.25, 0.3) is 0 Å². The van der Waals surface area contributed by atoms with Crippen LogP contribution in [-0.2, 0) is 6.54 Å². The van der Waals surface area contributed by atoms with E-state index < -0.39 is 0 Å². The van der Waals surface area contributed by atoms with Gasteiger partial charge in [0.05, 0.1) is 7.11 Å². The number of pyridine rings is 1. The van der Waals surface area contributed by atoms with Gasteiger partial charge >= 0.3 is 0 Å². The first-order valence-corrected chi connectivity index (χ1v) is 7.17. The highest BCUT2D eigenvalue weighted by atomic mass is 16.5. The van der Waals surface area contributed by atoms with Crippen molar-refractivity contribution in [1.82, 2.24) is 20.0 Å². The first-order chi connectivity index (χ1) is 10.5. The van der Waals surface area contributed by atoms with Crippen LogP contribution in [0.3, 0.4) is 0 Å². The van der Waals surface area contributed by atoms with Crippen molar-refractivity contribution in [3.63, 3.8) is 0 Å². The molecule has 22 heavy (non-hydrogen) atoms. The first-order valence-electron chi connectivity index (χ1n) is 7.17. The molecule has 0 saturated carbocycles. The molecular formula is C15H20N4O3. The van der Waals surface area contributed by atoms with Crippen molar-refractivity contribution in [2.45, 2.75) is 33.2 Å². The summed E-state index contributed by atoms with van der Waals surface area (Å²) < 4.78 is 10.2. The highest BCUT2D eigenvalue weighted by Gasteiger charge is 2.19. The van der Waals surface area contributed by atoms with Crippen molar-refractivity contribution in [2.24, 2.45) is 0 Å². The Morgan fingerprint density at radius 3 is 2.82 bits per heavy atom. The minimum atomic E-state index is -0.132. The number of nitrogens with zero attached hydrogens (tertiary/aromatic N) is 4. The number of methoxy groups -OCH3 is 1. The Morgan fingerprint density at radius 2 is 2.23 bits per heavy atom. The number of carbonyl (C=O) groups excluding carboxylic acids is 1. The van der Waals surface area contributed by atoms with Gasteiger partial charge in [0.1, 0.15) is 6.54 Å². The number of carbonyl (C=O) groups is 1. The highest BCUT2D eigenvalue weighted by molar-refractivity contribution is 5.94. The second kappa shape index (κ2) is 7.02. The summed E-state index contributed by atoms with van der Waals surface area (Å²) >= 11 is 0. The third kappa shape index (κ3) is 3.60. The zero-order valence-electron chi connectivity index (χ0n) is 13.2. The minimum absolute atomic E-state index is 0.132. The van der Waals surface area contributed by atoms with E-state index >= 15 is 0 Å². The quantitative estimate of drug-likeness (QED) is 0.814. The van der Waals surface area contributed by atoms with Gasteiger partial charge in [-0.05, 0) is 13.0 Å². The largest absolute Gasteiger partial charge is 0.481 e. The predicted molar refractivity (Wildman–Crippen MR) is 79.6 cm³/mol. The smallest absolute Gasteiger partial charge is 0.254 e. The van der Waals surface area contributed by atoms with Crippen molar-refractivity contribution in [3.05, 3.63) is 35.6 Å². The summed E-state index contributed by atoms with van der Waals surface area (Å²) in [4.78, 5) is 22.5. The molecule has 0 unspecified atom stereocenters. The van der Waals surface area contributed by atoms with E-state index in [9.17, 15) is 4.79 Å². The van der Waals surface area contributed by atoms with Crippen LogP contribution in [0.2, 0.25) is 0 Å². The van der Waals surface area contributed by atoms with E-state index in [0.29, 0.717) is 29.7 Å². The van der Waals surface area contributed by atoms with Gasteiger partial charge in [0.15, 0.2) is 5.82 Å². The van der Waals surface area contributed by atoms with Crippen LogP contribution in [0.15, 0.2) is 22.9 Å². The third-order valence-corrected chi connectivity index (χ3v) is 3.19. The van der Waals surface area contributed by atoms with E-state index in [1.807, 2.05) is 20.8 Å². The number of hydrogen-bond acceptors (Lipinski definition) is 6. The predicted octanol–water partition coefficient (Wildman–Crippen LogP) is 2.26. The number of rotatable bonds is 6. The summed E-state index contributed by atoms with van der Waals surface area (Å²) in [5.41, 5.74) is 0.511. The maximum atomic E-state index is 12.5. The fourth-order valence-corrected chi connectivity index (χ4v) is 1.89. The molecule has 2 heterocycles. The van der Waals surface area contributed by atoms with Crippen molar-refractivity contribution in [2.75, 3.05) is 13.7 Å². The summed E-state index contributed by atoms with van der Waals surface area (Å²) in [5.74, 6) is 1.53. The van der Waals surface area contributed by atoms with Gasteiger partial charge in [-0.1, -0.05) is 19.0 Å². The Hall–Kier alpha value is -2.44. The molecule has 0 aliphatic carbocycles. The Morgan fingerprint density at radius 1 is 1.45 bits per heavy atom. The molecule has 7 nitrogen and oxygen atoms in total. The molecule has 1 amide bonds. The van der Waals surface area contributed by atoms with Crippen LogP contribution in [0.5, 0.6) is 5.88 Å². The Labute approximate surface area is 129 Å². The second-order valence-corrected chi connectivity index (χ2v) is 5.11. The van der Waals surface area contributed by atoms with Crippen molar-refractivity contribution >= 4 is 5.91 Å². The molecule has 0 bridgehead atoms. The molecule has 2 aromatic heterocycles. The molecule has 0 spiro atoms. The van der Waals surface area contributed by atoms with Gasteiger partial charge in [-0.25, -0.2) is 4.98 Å². The minimum Gasteiger partial charge on any atom is -0.481 e. The average Bonchev–Trinajstić information content (AvgIpc) is 3.01. The summed E-state index contributed by atoms with van der Waals surface area (Å²) in [6.45, 7) is 6.68. The van der Waals surface area contributed by atoms with Crippen LogP contribution in [0, 0.1) is 0 Å². The third-order valence-electron chi connectivity index (χ3n) is 3.19. The summed E-state index contributed by atoms with van der Waals surface area (Å²) in [6, 6.07) is 3.26. The normalized spacial score (nSPS) is 10.8. The Balaban J connectivity index is 2.14. The lowest BCUT2D eigenvalue weighted by Gasteiger charge is -2.18. The van der Waals surface area contributed by atoms with Crippen molar-refractivity contribution < 1.29 is 14.1 Å². The number of aromatic nitrogens is 3. The number of ether oxygens (including phenoxy) is 1. The lowest BCUT2D eigenvalue weighted by atomic mass is 10.2. The molecule has 0 aliphatic rings. The Kier molecular flexibility index (Phi) is 5.08. The van der Waals surface area contributed by atoms with Crippen molar-refractivity contribution in [1.29, 1.82) is 0 Å². The molecule has 0 N–H and O–H groups in total. The molecule has 2 rings (SSSR count). The summed E-state index contributed by atoms with van der Waals surface area (Å²) in [7, 11) is 1.51. The van der Waals surface area contributed by atoms with E-state index in [-0.39, 0.29) is 18.4 Å². The van der Waals surface area contributed by atoms with Gasteiger partial charge in [-0.3, -0.25) is 4.79 Å². The molecule has 118 valence electrons. The van der Waals surface area contributed by atoms with E-state index in [2.05, 4.69) is 15.1 Å². The number of amides is 1. The molecule has 0 saturated heterocycles. The molecule has 0 atom stereocenters. The van der Waals surface area contributed by atoms with E-state index in [4.69, 9.17) is 9.26 Å². The summed E-state index contributed by atoms with van der Waals surface area (Å²) in [5, 5.41) is 3.91. The lowest BCUT2D eigenvalue weighted by Crippen LogP contribution is -2.30. The van der Waals surface area contributed by atoms with Gasteiger partial charge in [0.2, 0.25) is 11.8 Å². The lowest BCUT2D eigenvalue weighted by molar-refractivity contribution is 0.0734. The van der Waals surface area contributed by atoms with Crippen molar-refractivity contribution in [3.8, 4) is 5.88 Å². The van der Waals surface area contributed by atoms with Crippen LogP contribution >= 0.6 is 0 Å². The fourth-order valence-electron chi connectivity index (χ4n) is 1.89. The van der Waals surface area contributed by atoms with E-state index in [1.165, 1.54) is 7.11 Å². The topological polar surface area (TPSA) is 81.4 Å². The standard InChI is InChI=1S/C15H20N4O3/c1-5-19(9-13-17-14(10(2)3)18-22-13)15(20)11-6-7-16-12(8-11)21-4/h6-8,10H,5,9H2,1-4H3. The molecule has 0 fully saturated rings. The van der Waals surface area contributed by atoms with Crippen LogP contribution < -0.4 is 4.74 Å². The zero-order valence-corrected chi connectivity index (χ0v) is 13.2. The monoisotopic (exact) mass is 304 g/mol. The molecule has 0 radical (unpaired) electrons. The molecule has 0 aromatic carbocycles. The highest BCUT2D eigenvalue weighted by Crippen LogP contribution is 2.14. The van der Waals surface area contributed by atoms with Gasteiger partial charge in [-0.2, -0.15) is 4.98 Å². The summed E-state index contributed by atoms with van der Waals surface area (Å²) in [6.07, 6.45) is 1.55. The fraction of sp³-hybridized carbons (Fsp3) is 0.467. The molecule has 2 aromatic rings. The number of hydrogen-bond donors (Lipinski definition) is 0. The Bertz CT molecular complexity index is 639. The van der Waals surface area contributed by atoms with Gasteiger partial charge in [0.25, 0.3) is 5.91 Å². The average molecular weight is 304 g/mol. The molecular weight excluding hydrogens is 284 g/mol. The SMILES string of the molecule is CCN(Cc1nc(C(C)C)no1)C(=O)c1ccnc(OC)c1.